The third-order valence-corrected chi connectivity index (χ3v) is 2.93. The van der Waals surface area contributed by atoms with Crippen LogP contribution in [0.5, 0.6) is 5.75 Å². The summed E-state index contributed by atoms with van der Waals surface area (Å²) in [4.78, 5) is 25.0. The molecule has 2 N–H and O–H groups in total. The molecule has 1 aromatic carbocycles. The predicted octanol–water partition coefficient (Wildman–Crippen LogP) is 1.89. The number of hydrogen-bond donors (Lipinski definition) is 2. The lowest BCUT2D eigenvalue weighted by atomic mass is 10.2. The van der Waals surface area contributed by atoms with Crippen molar-refractivity contribution in [2.45, 2.75) is 13.8 Å². The van der Waals surface area contributed by atoms with Gasteiger partial charge in [-0.2, -0.15) is 0 Å². The molecule has 0 aromatic heterocycles. The molecule has 0 fully saturated rings. The lowest BCUT2D eigenvalue weighted by molar-refractivity contribution is -0.121. The van der Waals surface area contributed by atoms with Gasteiger partial charge < -0.3 is 15.3 Å². The van der Waals surface area contributed by atoms with Crippen LogP contribution >= 0.6 is 11.6 Å². The Bertz CT molecular complexity index is 503. The molecule has 6 heteroatoms. The first-order valence-corrected chi connectivity index (χ1v) is 6.69. The first-order valence-electron chi connectivity index (χ1n) is 6.32. The Labute approximate surface area is 123 Å². The molecular weight excluding hydrogens is 280 g/mol. The molecule has 0 aliphatic heterocycles. The minimum Gasteiger partial charge on any atom is -0.506 e. The van der Waals surface area contributed by atoms with E-state index in [9.17, 15) is 14.7 Å². The highest BCUT2D eigenvalue weighted by Crippen LogP contribution is 2.24. The molecule has 0 bridgehead atoms. The molecule has 1 rings (SSSR count). The summed E-state index contributed by atoms with van der Waals surface area (Å²) in [6, 6.07) is 4.19. The lowest BCUT2D eigenvalue weighted by Crippen LogP contribution is -2.39. The number of phenols is 1. The van der Waals surface area contributed by atoms with E-state index in [-0.39, 0.29) is 29.1 Å². The van der Waals surface area contributed by atoms with Crippen LogP contribution in [0, 0.1) is 5.92 Å². The fourth-order valence-electron chi connectivity index (χ4n) is 1.52. The van der Waals surface area contributed by atoms with E-state index < -0.39 is 0 Å². The first-order chi connectivity index (χ1) is 9.31. The minimum absolute atomic E-state index is 0.0238. The molecule has 0 aliphatic carbocycles. The van der Waals surface area contributed by atoms with E-state index in [1.807, 2.05) is 13.8 Å². The summed E-state index contributed by atoms with van der Waals surface area (Å²) in [5, 5.41) is 12.2. The molecule has 20 heavy (non-hydrogen) atoms. The lowest BCUT2D eigenvalue weighted by Gasteiger charge is -2.17. The summed E-state index contributed by atoms with van der Waals surface area (Å²) in [6.45, 7) is 4.54. The highest BCUT2D eigenvalue weighted by molar-refractivity contribution is 6.32. The predicted molar refractivity (Wildman–Crippen MR) is 77.9 cm³/mol. The number of halogens is 1. The number of hydrogen-bond acceptors (Lipinski definition) is 3. The third-order valence-electron chi connectivity index (χ3n) is 2.63. The smallest absolute Gasteiger partial charge is 0.254 e. The van der Waals surface area contributed by atoms with E-state index in [1.165, 1.54) is 30.1 Å². The van der Waals surface area contributed by atoms with Gasteiger partial charge in [0.2, 0.25) is 5.91 Å². The highest BCUT2D eigenvalue weighted by atomic mass is 35.5. The molecular formula is C14H19ClN2O3. The summed E-state index contributed by atoms with van der Waals surface area (Å²) >= 11 is 5.75. The second-order valence-electron chi connectivity index (χ2n) is 5.03. The fraction of sp³-hybridized carbons (Fsp3) is 0.429. The van der Waals surface area contributed by atoms with Gasteiger partial charge in [-0.25, -0.2) is 0 Å². The molecule has 0 saturated carbocycles. The second-order valence-corrected chi connectivity index (χ2v) is 5.43. The molecule has 0 atom stereocenters. The topological polar surface area (TPSA) is 69.6 Å². The quantitative estimate of drug-likeness (QED) is 0.872. The van der Waals surface area contributed by atoms with E-state index >= 15 is 0 Å². The van der Waals surface area contributed by atoms with E-state index in [0.717, 1.165) is 0 Å². The molecule has 0 unspecified atom stereocenters. The van der Waals surface area contributed by atoms with Gasteiger partial charge in [0.15, 0.2) is 0 Å². The number of phenolic OH excluding ortho intramolecular Hbond substituents is 1. The van der Waals surface area contributed by atoms with Crippen molar-refractivity contribution < 1.29 is 14.7 Å². The molecule has 0 spiro atoms. The average molecular weight is 299 g/mol. The highest BCUT2D eigenvalue weighted by Gasteiger charge is 2.16. The van der Waals surface area contributed by atoms with E-state index in [1.54, 1.807) is 0 Å². The summed E-state index contributed by atoms with van der Waals surface area (Å²) in [7, 11) is 1.54. The van der Waals surface area contributed by atoms with Crippen molar-refractivity contribution >= 4 is 23.4 Å². The second kappa shape index (κ2) is 7.14. The van der Waals surface area contributed by atoms with Crippen molar-refractivity contribution in [2.75, 3.05) is 20.1 Å². The molecule has 2 amide bonds. The van der Waals surface area contributed by atoms with Crippen LogP contribution in [0.3, 0.4) is 0 Å². The van der Waals surface area contributed by atoms with E-state index in [0.29, 0.717) is 18.0 Å². The Hall–Kier alpha value is -1.75. The van der Waals surface area contributed by atoms with Gasteiger partial charge in [-0.3, -0.25) is 9.59 Å². The molecule has 0 saturated heterocycles. The molecule has 0 radical (unpaired) electrons. The van der Waals surface area contributed by atoms with Crippen LogP contribution in [-0.2, 0) is 4.79 Å². The van der Waals surface area contributed by atoms with Gasteiger partial charge in [0.05, 0.1) is 11.6 Å². The third kappa shape index (κ3) is 4.74. The van der Waals surface area contributed by atoms with Crippen molar-refractivity contribution in [1.82, 2.24) is 10.2 Å². The van der Waals surface area contributed by atoms with Gasteiger partial charge in [0.1, 0.15) is 5.75 Å². The van der Waals surface area contributed by atoms with Gasteiger partial charge in [-0.05, 0) is 24.1 Å². The Morgan fingerprint density at radius 3 is 2.60 bits per heavy atom. The van der Waals surface area contributed by atoms with Crippen LogP contribution in [0.4, 0.5) is 0 Å². The van der Waals surface area contributed by atoms with Crippen LogP contribution in [0.25, 0.3) is 0 Å². The van der Waals surface area contributed by atoms with Gasteiger partial charge in [0.25, 0.3) is 5.91 Å². The molecule has 0 heterocycles. The van der Waals surface area contributed by atoms with Crippen molar-refractivity contribution in [2.24, 2.45) is 5.92 Å². The Balaban J connectivity index is 2.62. The van der Waals surface area contributed by atoms with Gasteiger partial charge in [-0.15, -0.1) is 0 Å². The van der Waals surface area contributed by atoms with Crippen molar-refractivity contribution in [3.05, 3.63) is 28.8 Å². The maximum absolute atomic E-state index is 12.1. The number of carbonyl (C=O) groups excluding carboxylic acids is 2. The van der Waals surface area contributed by atoms with Crippen molar-refractivity contribution in [3.8, 4) is 5.75 Å². The zero-order valence-corrected chi connectivity index (χ0v) is 12.6. The SMILES string of the molecule is CC(C)CNC(=O)CN(C)C(=O)c1ccc(O)c(Cl)c1. The van der Waals surface area contributed by atoms with Crippen molar-refractivity contribution in [1.29, 1.82) is 0 Å². The molecule has 1 aromatic rings. The molecule has 5 nitrogen and oxygen atoms in total. The average Bonchev–Trinajstić information content (AvgIpc) is 2.38. The summed E-state index contributed by atoms with van der Waals surface area (Å²) in [5.41, 5.74) is 0.326. The molecule has 0 aliphatic rings. The zero-order chi connectivity index (χ0) is 15.3. The van der Waals surface area contributed by atoms with Gasteiger partial charge in [-0.1, -0.05) is 25.4 Å². The normalized spacial score (nSPS) is 10.4. The summed E-state index contributed by atoms with van der Waals surface area (Å²) in [6.07, 6.45) is 0. The Morgan fingerprint density at radius 2 is 2.05 bits per heavy atom. The molecule has 110 valence electrons. The number of rotatable bonds is 5. The Kier molecular flexibility index (Phi) is 5.82. The number of amides is 2. The number of nitrogens with one attached hydrogen (secondary N) is 1. The minimum atomic E-state index is -0.327. The standard InChI is InChI=1S/C14H19ClN2O3/c1-9(2)7-16-13(19)8-17(3)14(20)10-4-5-12(18)11(15)6-10/h4-6,9,18H,7-8H2,1-3H3,(H,16,19). The number of aromatic hydroxyl groups is 1. The number of carbonyl (C=O) groups is 2. The van der Waals surface area contributed by atoms with Crippen LogP contribution in [0.15, 0.2) is 18.2 Å². The van der Waals surface area contributed by atoms with Crippen LogP contribution in [0.2, 0.25) is 5.02 Å². The largest absolute Gasteiger partial charge is 0.506 e. The van der Waals surface area contributed by atoms with E-state index in [4.69, 9.17) is 11.6 Å². The maximum Gasteiger partial charge on any atom is 0.254 e. The maximum atomic E-state index is 12.1. The van der Waals surface area contributed by atoms with Crippen molar-refractivity contribution in [3.63, 3.8) is 0 Å². The van der Waals surface area contributed by atoms with E-state index in [2.05, 4.69) is 5.32 Å². The first kappa shape index (κ1) is 16.3. The zero-order valence-electron chi connectivity index (χ0n) is 11.8. The Morgan fingerprint density at radius 1 is 1.40 bits per heavy atom. The van der Waals surface area contributed by atoms with Gasteiger partial charge in [0, 0.05) is 19.2 Å². The van der Waals surface area contributed by atoms with Crippen LogP contribution in [0.1, 0.15) is 24.2 Å². The number of likely N-dealkylation sites (N-methyl/N-ethyl adjacent to an activating group) is 1. The monoisotopic (exact) mass is 298 g/mol. The summed E-state index contributed by atoms with van der Waals surface area (Å²) in [5.74, 6) is -0.262. The van der Waals surface area contributed by atoms with Crippen LogP contribution < -0.4 is 5.32 Å². The number of nitrogens with zero attached hydrogens (tertiary/aromatic N) is 1. The number of benzene rings is 1. The van der Waals surface area contributed by atoms with Crippen LogP contribution in [-0.4, -0.2) is 42.0 Å². The summed E-state index contributed by atoms with van der Waals surface area (Å²) < 4.78 is 0. The fourth-order valence-corrected chi connectivity index (χ4v) is 1.70. The van der Waals surface area contributed by atoms with Gasteiger partial charge >= 0.3 is 0 Å².